The summed E-state index contributed by atoms with van der Waals surface area (Å²) in [4.78, 5) is 17.8. The van der Waals surface area contributed by atoms with Crippen molar-refractivity contribution >= 4 is 5.91 Å². The second kappa shape index (κ2) is 10.4. The van der Waals surface area contributed by atoms with Crippen LogP contribution in [0, 0.1) is 0 Å². The fourth-order valence-corrected chi connectivity index (χ4v) is 3.98. The molecule has 1 aliphatic rings. The zero-order valence-corrected chi connectivity index (χ0v) is 18.1. The highest BCUT2D eigenvalue weighted by atomic mass is 16.5. The molecule has 0 radical (unpaired) electrons. The molecule has 6 heteroatoms. The van der Waals surface area contributed by atoms with E-state index in [4.69, 9.17) is 4.74 Å². The number of nitrogens with zero attached hydrogens (tertiary/aromatic N) is 4. The fraction of sp³-hybridized carbons (Fsp3) is 0.360. The first-order valence-corrected chi connectivity index (χ1v) is 10.9. The summed E-state index contributed by atoms with van der Waals surface area (Å²) in [7, 11) is 0. The van der Waals surface area contributed by atoms with Crippen LogP contribution in [0.15, 0.2) is 73.1 Å². The van der Waals surface area contributed by atoms with Gasteiger partial charge < -0.3 is 9.64 Å². The van der Waals surface area contributed by atoms with Gasteiger partial charge in [-0.15, -0.1) is 0 Å². The summed E-state index contributed by atoms with van der Waals surface area (Å²) in [5, 5.41) is 4.45. The van der Waals surface area contributed by atoms with Crippen molar-refractivity contribution < 1.29 is 9.53 Å². The molecule has 1 atom stereocenters. The zero-order valence-electron chi connectivity index (χ0n) is 18.1. The Morgan fingerprint density at radius 1 is 1.03 bits per heavy atom. The molecular weight excluding hydrogens is 388 g/mol. The third-order valence-corrected chi connectivity index (χ3v) is 5.69. The number of ether oxygens (including phenoxy) is 1. The number of amides is 1. The van der Waals surface area contributed by atoms with Crippen LogP contribution in [0.5, 0.6) is 0 Å². The van der Waals surface area contributed by atoms with E-state index < -0.39 is 0 Å². The van der Waals surface area contributed by atoms with E-state index >= 15 is 0 Å². The van der Waals surface area contributed by atoms with Gasteiger partial charge in [-0.1, -0.05) is 48.5 Å². The first-order chi connectivity index (χ1) is 15.2. The van der Waals surface area contributed by atoms with E-state index in [2.05, 4.69) is 29.1 Å². The molecule has 2 aromatic carbocycles. The van der Waals surface area contributed by atoms with Crippen molar-refractivity contribution in [1.82, 2.24) is 19.6 Å². The summed E-state index contributed by atoms with van der Waals surface area (Å²) in [5.41, 5.74) is 3.05. The Hall–Kier alpha value is -2.96. The summed E-state index contributed by atoms with van der Waals surface area (Å²) in [5.74, 6) is 0.122. The predicted octanol–water partition coefficient (Wildman–Crippen LogP) is 3.16. The van der Waals surface area contributed by atoms with Crippen LogP contribution in [-0.4, -0.2) is 64.4 Å². The van der Waals surface area contributed by atoms with Crippen LogP contribution in [0.3, 0.4) is 0 Å². The Labute approximate surface area is 184 Å². The Kier molecular flexibility index (Phi) is 7.12. The van der Waals surface area contributed by atoms with Gasteiger partial charge in [-0.05, 0) is 30.2 Å². The minimum atomic E-state index is 0.106. The standard InChI is InChI=1S/C25H30N4O2/c1-21(18-27-12-14-31-15-13-27)28(19-22-8-4-2-5-9-22)25(30)16-23-17-26-29(20-23)24-10-6-3-7-11-24/h2-11,17,20-21H,12-16,18-19H2,1H3. The molecule has 1 aliphatic heterocycles. The molecule has 1 aromatic heterocycles. The largest absolute Gasteiger partial charge is 0.379 e. The predicted molar refractivity (Wildman–Crippen MR) is 121 cm³/mol. The van der Waals surface area contributed by atoms with Gasteiger partial charge in [-0.25, -0.2) is 4.68 Å². The number of hydrogen-bond acceptors (Lipinski definition) is 4. The molecule has 6 nitrogen and oxygen atoms in total. The molecule has 0 aliphatic carbocycles. The number of para-hydroxylation sites is 1. The molecule has 1 amide bonds. The molecule has 1 unspecified atom stereocenters. The molecule has 2 heterocycles. The van der Waals surface area contributed by atoms with Crippen LogP contribution in [0.1, 0.15) is 18.1 Å². The third kappa shape index (κ3) is 5.81. The van der Waals surface area contributed by atoms with Crippen LogP contribution in [0.25, 0.3) is 5.69 Å². The molecule has 0 spiro atoms. The van der Waals surface area contributed by atoms with E-state index in [0.717, 1.165) is 49.7 Å². The topological polar surface area (TPSA) is 50.6 Å². The first kappa shape index (κ1) is 21.3. The zero-order chi connectivity index (χ0) is 21.5. The lowest BCUT2D eigenvalue weighted by atomic mass is 10.1. The van der Waals surface area contributed by atoms with Gasteiger partial charge in [-0.2, -0.15) is 5.10 Å². The molecule has 4 rings (SSSR count). The van der Waals surface area contributed by atoms with Crippen molar-refractivity contribution in [1.29, 1.82) is 0 Å². The van der Waals surface area contributed by atoms with E-state index in [1.54, 1.807) is 6.20 Å². The number of carbonyl (C=O) groups excluding carboxylic acids is 1. The Morgan fingerprint density at radius 3 is 2.42 bits per heavy atom. The lowest BCUT2D eigenvalue weighted by molar-refractivity contribution is -0.133. The van der Waals surface area contributed by atoms with Gasteiger partial charge in [0.05, 0.1) is 31.5 Å². The van der Waals surface area contributed by atoms with E-state index in [1.807, 2.05) is 64.3 Å². The Bertz CT molecular complexity index is 952. The molecule has 162 valence electrons. The molecule has 3 aromatic rings. The van der Waals surface area contributed by atoms with Crippen molar-refractivity contribution in [3.8, 4) is 5.69 Å². The molecule has 1 fully saturated rings. The Morgan fingerprint density at radius 2 is 1.71 bits per heavy atom. The monoisotopic (exact) mass is 418 g/mol. The van der Waals surface area contributed by atoms with E-state index in [0.29, 0.717) is 13.0 Å². The summed E-state index contributed by atoms with van der Waals surface area (Å²) < 4.78 is 7.29. The van der Waals surface area contributed by atoms with Gasteiger partial charge in [0.25, 0.3) is 0 Å². The maximum Gasteiger partial charge on any atom is 0.227 e. The number of aromatic nitrogens is 2. The van der Waals surface area contributed by atoms with Gasteiger partial charge >= 0.3 is 0 Å². The number of morpholine rings is 1. The SMILES string of the molecule is CC(CN1CCOCC1)N(Cc1ccccc1)C(=O)Cc1cnn(-c2ccccc2)c1. The van der Waals surface area contributed by atoms with Crippen molar-refractivity contribution in [3.63, 3.8) is 0 Å². The smallest absolute Gasteiger partial charge is 0.227 e. The number of rotatable bonds is 8. The normalized spacial score (nSPS) is 15.5. The number of benzene rings is 2. The lowest BCUT2D eigenvalue weighted by Gasteiger charge is -2.35. The molecule has 0 N–H and O–H groups in total. The minimum absolute atomic E-state index is 0.106. The summed E-state index contributed by atoms with van der Waals surface area (Å²) in [6.07, 6.45) is 4.08. The molecular formula is C25H30N4O2. The molecule has 1 saturated heterocycles. The fourth-order valence-electron chi connectivity index (χ4n) is 3.98. The van der Waals surface area contributed by atoms with Crippen molar-refractivity contribution in [2.75, 3.05) is 32.8 Å². The van der Waals surface area contributed by atoms with E-state index in [1.165, 1.54) is 0 Å². The highest BCUT2D eigenvalue weighted by Crippen LogP contribution is 2.15. The summed E-state index contributed by atoms with van der Waals surface area (Å²) >= 11 is 0. The van der Waals surface area contributed by atoms with Gasteiger partial charge in [0.1, 0.15) is 0 Å². The van der Waals surface area contributed by atoms with Crippen LogP contribution in [0.4, 0.5) is 0 Å². The van der Waals surface area contributed by atoms with E-state index in [-0.39, 0.29) is 11.9 Å². The van der Waals surface area contributed by atoms with E-state index in [9.17, 15) is 4.79 Å². The lowest BCUT2D eigenvalue weighted by Crippen LogP contribution is -2.48. The average molecular weight is 419 g/mol. The maximum absolute atomic E-state index is 13.4. The molecule has 0 bridgehead atoms. The maximum atomic E-state index is 13.4. The molecule has 0 saturated carbocycles. The van der Waals surface area contributed by atoms with Gasteiger partial charge in [0.2, 0.25) is 5.91 Å². The van der Waals surface area contributed by atoms with Gasteiger partial charge in [0.15, 0.2) is 0 Å². The summed E-state index contributed by atoms with van der Waals surface area (Å²) in [6.45, 7) is 6.96. The van der Waals surface area contributed by atoms with Gasteiger partial charge in [-0.3, -0.25) is 9.69 Å². The second-order valence-corrected chi connectivity index (χ2v) is 8.07. The van der Waals surface area contributed by atoms with Crippen molar-refractivity contribution in [3.05, 3.63) is 84.2 Å². The summed E-state index contributed by atoms with van der Waals surface area (Å²) in [6, 6.07) is 20.3. The van der Waals surface area contributed by atoms with Crippen molar-refractivity contribution in [2.24, 2.45) is 0 Å². The third-order valence-electron chi connectivity index (χ3n) is 5.69. The minimum Gasteiger partial charge on any atom is -0.379 e. The number of hydrogen-bond donors (Lipinski definition) is 0. The van der Waals surface area contributed by atoms with Crippen LogP contribution >= 0.6 is 0 Å². The highest BCUT2D eigenvalue weighted by molar-refractivity contribution is 5.79. The Balaban J connectivity index is 1.47. The second-order valence-electron chi connectivity index (χ2n) is 8.07. The number of carbonyl (C=O) groups is 1. The van der Waals surface area contributed by atoms with Gasteiger partial charge in [0, 0.05) is 38.4 Å². The van der Waals surface area contributed by atoms with Crippen LogP contribution in [-0.2, 0) is 22.5 Å². The van der Waals surface area contributed by atoms with Crippen molar-refractivity contribution in [2.45, 2.75) is 25.9 Å². The quantitative estimate of drug-likeness (QED) is 0.564. The van der Waals surface area contributed by atoms with Crippen LogP contribution in [0.2, 0.25) is 0 Å². The highest BCUT2D eigenvalue weighted by Gasteiger charge is 2.24. The average Bonchev–Trinajstić information content (AvgIpc) is 3.28. The van der Waals surface area contributed by atoms with Crippen LogP contribution < -0.4 is 0 Å². The molecule has 31 heavy (non-hydrogen) atoms. The first-order valence-electron chi connectivity index (χ1n) is 10.9.